The third-order valence-electron chi connectivity index (χ3n) is 5.80. The van der Waals surface area contributed by atoms with E-state index in [9.17, 15) is 9.90 Å². The maximum Gasteiger partial charge on any atom is 0.255 e. The molecule has 1 unspecified atom stereocenters. The predicted octanol–water partition coefficient (Wildman–Crippen LogP) is 3.53. The fourth-order valence-corrected chi connectivity index (χ4v) is 4.25. The molecule has 130 valence electrons. The molecule has 1 aliphatic carbocycles. The third kappa shape index (κ3) is 2.05. The summed E-state index contributed by atoms with van der Waals surface area (Å²) in [5.74, 6) is 0. The normalized spacial score (nSPS) is 20.5. The Morgan fingerprint density at radius 2 is 2.08 bits per heavy atom. The van der Waals surface area contributed by atoms with Crippen LogP contribution in [0.15, 0.2) is 53.3 Å². The Hall–Kier alpha value is -2.72. The number of hydrogen-bond acceptors (Lipinski definition) is 3. The Morgan fingerprint density at radius 1 is 1.23 bits per heavy atom. The van der Waals surface area contributed by atoms with Crippen LogP contribution < -0.4 is 5.56 Å². The van der Waals surface area contributed by atoms with E-state index in [4.69, 9.17) is 4.98 Å². The van der Waals surface area contributed by atoms with Crippen molar-refractivity contribution in [2.24, 2.45) is 0 Å². The van der Waals surface area contributed by atoms with Gasteiger partial charge in [0.05, 0.1) is 29.1 Å². The summed E-state index contributed by atoms with van der Waals surface area (Å²) < 4.78 is 1.81. The lowest BCUT2D eigenvalue weighted by Gasteiger charge is -2.27. The SMILES string of the molecule is CCC1(O)CC=CCc2c1cc1n(c2=O)Cc2cc3ccccc3nc2-1. The van der Waals surface area contributed by atoms with Gasteiger partial charge in [0, 0.05) is 16.5 Å². The van der Waals surface area contributed by atoms with Gasteiger partial charge in [0.1, 0.15) is 0 Å². The molecule has 3 heterocycles. The molecule has 2 aromatic heterocycles. The molecular weight excluding hydrogens is 324 g/mol. The van der Waals surface area contributed by atoms with Crippen LogP contribution in [-0.4, -0.2) is 14.7 Å². The lowest BCUT2D eigenvalue weighted by molar-refractivity contribution is 0.0353. The first-order valence-electron chi connectivity index (χ1n) is 9.14. The van der Waals surface area contributed by atoms with Crippen molar-refractivity contribution in [2.75, 3.05) is 0 Å². The molecule has 0 saturated heterocycles. The van der Waals surface area contributed by atoms with Gasteiger partial charge in [-0.2, -0.15) is 0 Å². The van der Waals surface area contributed by atoms with Gasteiger partial charge in [-0.3, -0.25) is 4.79 Å². The van der Waals surface area contributed by atoms with Crippen LogP contribution in [0.25, 0.3) is 22.3 Å². The Labute approximate surface area is 151 Å². The third-order valence-corrected chi connectivity index (χ3v) is 5.80. The average Bonchev–Trinajstić information content (AvgIpc) is 2.92. The molecule has 0 amide bonds. The first kappa shape index (κ1) is 15.5. The van der Waals surface area contributed by atoms with Crippen molar-refractivity contribution >= 4 is 10.9 Å². The van der Waals surface area contributed by atoms with Crippen LogP contribution in [0.5, 0.6) is 0 Å². The number of aliphatic hydroxyl groups is 1. The molecule has 5 rings (SSSR count). The molecule has 2 aliphatic rings. The number of aromatic nitrogens is 2. The van der Waals surface area contributed by atoms with Gasteiger partial charge in [-0.1, -0.05) is 37.3 Å². The van der Waals surface area contributed by atoms with Crippen LogP contribution in [0.2, 0.25) is 0 Å². The summed E-state index contributed by atoms with van der Waals surface area (Å²) in [6, 6.07) is 12.1. The van der Waals surface area contributed by atoms with E-state index in [1.807, 2.05) is 54.0 Å². The van der Waals surface area contributed by atoms with Crippen LogP contribution in [0.1, 0.15) is 36.5 Å². The number of para-hydroxylation sites is 1. The van der Waals surface area contributed by atoms with E-state index in [0.29, 0.717) is 31.4 Å². The number of rotatable bonds is 1. The van der Waals surface area contributed by atoms with Crippen molar-refractivity contribution in [3.8, 4) is 11.4 Å². The molecule has 4 heteroatoms. The van der Waals surface area contributed by atoms with Crippen molar-refractivity contribution in [1.82, 2.24) is 9.55 Å². The van der Waals surface area contributed by atoms with Gasteiger partial charge in [-0.05, 0) is 43.0 Å². The molecular formula is C22H20N2O2. The van der Waals surface area contributed by atoms with E-state index >= 15 is 0 Å². The van der Waals surface area contributed by atoms with Gasteiger partial charge in [-0.15, -0.1) is 0 Å². The Kier molecular flexibility index (Phi) is 3.22. The lowest BCUT2D eigenvalue weighted by atomic mass is 9.86. The van der Waals surface area contributed by atoms with E-state index in [-0.39, 0.29) is 5.56 Å². The summed E-state index contributed by atoms with van der Waals surface area (Å²) in [5.41, 5.74) is 4.16. The smallest absolute Gasteiger partial charge is 0.255 e. The second kappa shape index (κ2) is 5.39. The van der Waals surface area contributed by atoms with Crippen molar-refractivity contribution in [3.05, 3.63) is 75.6 Å². The maximum atomic E-state index is 13.2. The van der Waals surface area contributed by atoms with Crippen LogP contribution in [-0.2, 0) is 18.6 Å². The highest BCUT2D eigenvalue weighted by atomic mass is 16.3. The van der Waals surface area contributed by atoms with E-state index in [2.05, 4.69) is 6.07 Å². The zero-order valence-electron chi connectivity index (χ0n) is 14.7. The molecule has 1 atom stereocenters. The van der Waals surface area contributed by atoms with Gasteiger partial charge >= 0.3 is 0 Å². The Balaban J connectivity index is 1.80. The lowest BCUT2D eigenvalue weighted by Crippen LogP contribution is -2.31. The van der Waals surface area contributed by atoms with Gasteiger partial charge < -0.3 is 9.67 Å². The quantitative estimate of drug-likeness (QED) is 0.538. The van der Waals surface area contributed by atoms with Crippen molar-refractivity contribution < 1.29 is 5.11 Å². The van der Waals surface area contributed by atoms with Crippen LogP contribution in [0.4, 0.5) is 0 Å². The monoisotopic (exact) mass is 344 g/mol. The number of fused-ring (bicyclic) bond motifs is 5. The van der Waals surface area contributed by atoms with Crippen LogP contribution in [0.3, 0.4) is 0 Å². The van der Waals surface area contributed by atoms with Crippen molar-refractivity contribution in [1.29, 1.82) is 0 Å². The summed E-state index contributed by atoms with van der Waals surface area (Å²) in [6.07, 6.45) is 5.67. The molecule has 0 bridgehead atoms. The largest absolute Gasteiger partial charge is 0.385 e. The average molecular weight is 344 g/mol. The summed E-state index contributed by atoms with van der Waals surface area (Å²) >= 11 is 0. The van der Waals surface area contributed by atoms with Crippen molar-refractivity contribution in [3.63, 3.8) is 0 Å². The minimum absolute atomic E-state index is 0.00187. The molecule has 4 nitrogen and oxygen atoms in total. The Bertz CT molecular complexity index is 1140. The molecule has 0 saturated carbocycles. The molecule has 1 aliphatic heterocycles. The number of nitrogens with zero attached hydrogens (tertiary/aromatic N) is 2. The van der Waals surface area contributed by atoms with Crippen LogP contribution in [0, 0.1) is 0 Å². The zero-order chi connectivity index (χ0) is 17.9. The summed E-state index contributed by atoms with van der Waals surface area (Å²) in [4.78, 5) is 18.0. The highest BCUT2D eigenvalue weighted by Gasteiger charge is 2.34. The number of allylic oxidation sites excluding steroid dienone is 1. The summed E-state index contributed by atoms with van der Waals surface area (Å²) in [6.45, 7) is 2.51. The number of hydrogen-bond donors (Lipinski definition) is 1. The van der Waals surface area contributed by atoms with Gasteiger partial charge in [0.25, 0.3) is 5.56 Å². The summed E-state index contributed by atoms with van der Waals surface area (Å²) in [5, 5.41) is 12.3. The molecule has 0 fully saturated rings. The molecule has 3 aromatic rings. The number of benzene rings is 1. The maximum absolute atomic E-state index is 13.2. The van der Waals surface area contributed by atoms with E-state index in [1.54, 1.807) is 0 Å². The Morgan fingerprint density at radius 3 is 2.92 bits per heavy atom. The fourth-order valence-electron chi connectivity index (χ4n) is 4.25. The van der Waals surface area contributed by atoms with E-state index < -0.39 is 5.60 Å². The minimum atomic E-state index is -0.989. The topological polar surface area (TPSA) is 55.1 Å². The van der Waals surface area contributed by atoms with Crippen LogP contribution >= 0.6 is 0 Å². The standard InChI is InChI=1S/C22H20N2O2/c1-2-22(26)10-6-5-8-16-17(22)12-19-20-15(13-24(19)21(16)25)11-14-7-3-4-9-18(14)23-20/h3-7,9,11-12,26H,2,8,10,13H2,1H3. The van der Waals surface area contributed by atoms with Gasteiger partial charge in [-0.25, -0.2) is 4.98 Å². The highest BCUT2D eigenvalue weighted by molar-refractivity contribution is 5.84. The first-order valence-corrected chi connectivity index (χ1v) is 9.14. The fraction of sp³-hybridized carbons (Fsp3) is 0.273. The molecule has 0 spiro atoms. The first-order chi connectivity index (χ1) is 12.6. The zero-order valence-corrected chi connectivity index (χ0v) is 14.7. The molecule has 0 radical (unpaired) electrons. The van der Waals surface area contributed by atoms with E-state index in [0.717, 1.165) is 33.4 Å². The summed E-state index contributed by atoms with van der Waals surface area (Å²) in [7, 11) is 0. The number of pyridine rings is 2. The predicted molar refractivity (Wildman–Crippen MR) is 102 cm³/mol. The van der Waals surface area contributed by atoms with Crippen molar-refractivity contribution in [2.45, 2.75) is 38.3 Å². The molecule has 1 N–H and O–H groups in total. The molecule has 1 aromatic carbocycles. The molecule has 26 heavy (non-hydrogen) atoms. The van der Waals surface area contributed by atoms with Gasteiger partial charge in [0.15, 0.2) is 0 Å². The van der Waals surface area contributed by atoms with E-state index in [1.165, 1.54) is 0 Å². The second-order valence-corrected chi connectivity index (χ2v) is 7.27. The highest BCUT2D eigenvalue weighted by Crippen LogP contribution is 2.38. The van der Waals surface area contributed by atoms with Gasteiger partial charge in [0.2, 0.25) is 0 Å². The minimum Gasteiger partial charge on any atom is -0.385 e. The second-order valence-electron chi connectivity index (χ2n) is 7.27.